The summed E-state index contributed by atoms with van der Waals surface area (Å²) in [7, 11) is 2.98. The van der Waals surface area contributed by atoms with E-state index in [0.717, 1.165) is 12.1 Å². The van der Waals surface area contributed by atoms with Gasteiger partial charge in [0.05, 0.1) is 24.8 Å². The number of alkyl halides is 3. The molecule has 0 unspecified atom stereocenters. The largest absolute Gasteiger partial charge is 0.497 e. The van der Waals surface area contributed by atoms with E-state index in [1.54, 1.807) is 18.2 Å². The monoisotopic (exact) mass is 385 g/mol. The maximum Gasteiger partial charge on any atom is 0.417 e. The number of nitrogens with one attached hydrogen (secondary N) is 1. The maximum absolute atomic E-state index is 12.9. The average Bonchev–Trinajstić information content (AvgIpc) is 2.60. The minimum Gasteiger partial charge on any atom is -0.497 e. The van der Waals surface area contributed by atoms with Crippen LogP contribution in [0.4, 0.5) is 18.9 Å². The van der Waals surface area contributed by atoms with Crippen LogP contribution in [0.3, 0.4) is 0 Å². The number of carbonyl (C=O) groups is 1. The molecule has 0 fully saturated rings. The van der Waals surface area contributed by atoms with Crippen LogP contribution in [-0.2, 0) is 11.0 Å². The molecule has 0 aliphatic heterocycles. The van der Waals surface area contributed by atoms with Gasteiger partial charge in [-0.25, -0.2) is 0 Å². The van der Waals surface area contributed by atoms with Gasteiger partial charge in [0, 0.05) is 17.3 Å². The first kappa shape index (κ1) is 19.7. The van der Waals surface area contributed by atoms with E-state index in [1.807, 2.05) is 0 Å². The highest BCUT2D eigenvalue weighted by atomic mass is 35.5. The molecule has 2 aromatic carbocycles. The summed E-state index contributed by atoms with van der Waals surface area (Å²) in [6.45, 7) is 0. The number of hydrogen-bond acceptors (Lipinski definition) is 3. The number of ether oxygens (including phenoxy) is 2. The summed E-state index contributed by atoms with van der Waals surface area (Å²) in [5, 5.41) is 1.92. The van der Waals surface area contributed by atoms with Crippen LogP contribution >= 0.6 is 11.6 Å². The molecular formula is C18H15ClF3NO3. The number of benzene rings is 2. The van der Waals surface area contributed by atoms with Crippen molar-refractivity contribution in [1.29, 1.82) is 0 Å². The van der Waals surface area contributed by atoms with Gasteiger partial charge in [0.15, 0.2) is 0 Å². The normalized spacial score (nSPS) is 11.5. The van der Waals surface area contributed by atoms with Crippen LogP contribution in [0.25, 0.3) is 6.08 Å². The molecule has 0 aliphatic rings. The lowest BCUT2D eigenvalue weighted by Gasteiger charge is -2.11. The van der Waals surface area contributed by atoms with Gasteiger partial charge in [0.1, 0.15) is 11.5 Å². The Bertz CT molecular complexity index is 835. The Labute approximate surface area is 153 Å². The van der Waals surface area contributed by atoms with Crippen molar-refractivity contribution in [1.82, 2.24) is 0 Å². The molecule has 0 saturated carbocycles. The standard InChI is InChI=1S/C18H15ClF3NO3/c1-25-13-5-7-16(26-2)11(9-13)3-8-17(24)23-12-4-6-15(19)14(10-12)18(20,21)22/h3-10H,1-2H3,(H,23,24)/b8-3+. The molecule has 0 heterocycles. The molecule has 138 valence electrons. The molecule has 8 heteroatoms. The molecule has 26 heavy (non-hydrogen) atoms. The minimum atomic E-state index is -4.61. The summed E-state index contributed by atoms with van der Waals surface area (Å²) >= 11 is 5.55. The third-order valence-corrected chi connectivity index (χ3v) is 3.72. The van der Waals surface area contributed by atoms with Crippen LogP contribution in [0, 0.1) is 0 Å². The van der Waals surface area contributed by atoms with Crippen LogP contribution < -0.4 is 14.8 Å². The first-order valence-corrected chi connectivity index (χ1v) is 7.70. The van der Waals surface area contributed by atoms with E-state index in [2.05, 4.69) is 5.32 Å². The molecule has 2 aromatic rings. The van der Waals surface area contributed by atoms with Gasteiger partial charge < -0.3 is 14.8 Å². The minimum absolute atomic E-state index is 0.0195. The molecule has 0 spiro atoms. The topological polar surface area (TPSA) is 47.6 Å². The molecule has 1 amide bonds. The zero-order chi connectivity index (χ0) is 19.3. The lowest BCUT2D eigenvalue weighted by molar-refractivity contribution is -0.137. The molecule has 0 aromatic heterocycles. The van der Waals surface area contributed by atoms with Crippen LogP contribution in [0.1, 0.15) is 11.1 Å². The zero-order valence-electron chi connectivity index (χ0n) is 13.9. The Morgan fingerprint density at radius 1 is 1.12 bits per heavy atom. The van der Waals surface area contributed by atoms with Crippen molar-refractivity contribution in [3.05, 3.63) is 58.6 Å². The Morgan fingerprint density at radius 2 is 1.85 bits per heavy atom. The summed E-state index contributed by atoms with van der Waals surface area (Å²) in [5.74, 6) is 0.476. The fraction of sp³-hybridized carbons (Fsp3) is 0.167. The second kappa shape index (κ2) is 8.14. The molecule has 0 radical (unpaired) electrons. The van der Waals surface area contributed by atoms with Gasteiger partial charge in [0.25, 0.3) is 0 Å². The van der Waals surface area contributed by atoms with E-state index < -0.39 is 22.7 Å². The lowest BCUT2D eigenvalue weighted by Crippen LogP contribution is -2.11. The number of carbonyl (C=O) groups excluding carboxylic acids is 1. The second-order valence-electron chi connectivity index (χ2n) is 5.12. The van der Waals surface area contributed by atoms with Gasteiger partial charge in [-0.1, -0.05) is 11.6 Å². The van der Waals surface area contributed by atoms with Crippen molar-refractivity contribution in [2.45, 2.75) is 6.18 Å². The molecule has 0 bridgehead atoms. The average molecular weight is 386 g/mol. The summed E-state index contributed by atoms with van der Waals surface area (Å²) in [5.41, 5.74) is -0.460. The Kier molecular flexibility index (Phi) is 6.15. The number of anilines is 1. The quantitative estimate of drug-likeness (QED) is 0.734. The molecule has 1 N–H and O–H groups in total. The fourth-order valence-corrected chi connectivity index (χ4v) is 2.36. The summed E-state index contributed by atoms with van der Waals surface area (Å²) < 4.78 is 48.8. The molecule has 2 rings (SSSR count). The number of methoxy groups -OCH3 is 2. The SMILES string of the molecule is COc1ccc(OC)c(/C=C/C(=O)Nc2ccc(Cl)c(C(F)(F)F)c2)c1. The van der Waals surface area contributed by atoms with Crippen molar-refractivity contribution in [3.8, 4) is 11.5 Å². The second-order valence-corrected chi connectivity index (χ2v) is 5.53. The highest BCUT2D eigenvalue weighted by Gasteiger charge is 2.33. The molecule has 4 nitrogen and oxygen atoms in total. The molecule has 0 saturated heterocycles. The van der Waals surface area contributed by atoms with E-state index in [1.165, 1.54) is 32.4 Å². The first-order valence-electron chi connectivity index (χ1n) is 7.32. The van der Waals surface area contributed by atoms with Crippen molar-refractivity contribution < 1.29 is 27.4 Å². The fourth-order valence-electron chi connectivity index (χ4n) is 2.14. The lowest BCUT2D eigenvalue weighted by atomic mass is 10.1. The van der Waals surface area contributed by atoms with Crippen LogP contribution in [-0.4, -0.2) is 20.1 Å². The third-order valence-electron chi connectivity index (χ3n) is 3.39. The molecule has 0 atom stereocenters. The van der Waals surface area contributed by atoms with E-state index in [0.29, 0.717) is 17.1 Å². The van der Waals surface area contributed by atoms with Crippen LogP contribution in [0.5, 0.6) is 11.5 Å². The molecular weight excluding hydrogens is 371 g/mol. The van der Waals surface area contributed by atoms with E-state index in [-0.39, 0.29) is 5.69 Å². The Hall–Kier alpha value is -2.67. The summed E-state index contributed by atoms with van der Waals surface area (Å²) in [6.07, 6.45) is -1.96. The van der Waals surface area contributed by atoms with Crippen LogP contribution in [0.2, 0.25) is 5.02 Å². The number of halogens is 4. The van der Waals surface area contributed by atoms with Crippen molar-refractivity contribution in [2.24, 2.45) is 0 Å². The predicted molar refractivity (Wildman–Crippen MR) is 93.7 cm³/mol. The highest BCUT2D eigenvalue weighted by molar-refractivity contribution is 6.31. The van der Waals surface area contributed by atoms with E-state index in [4.69, 9.17) is 21.1 Å². The number of amides is 1. The van der Waals surface area contributed by atoms with E-state index >= 15 is 0 Å². The van der Waals surface area contributed by atoms with E-state index in [9.17, 15) is 18.0 Å². The van der Waals surface area contributed by atoms with Gasteiger partial charge in [0.2, 0.25) is 5.91 Å². The third kappa shape index (κ3) is 4.92. The molecule has 0 aliphatic carbocycles. The highest BCUT2D eigenvalue weighted by Crippen LogP contribution is 2.36. The van der Waals surface area contributed by atoms with Gasteiger partial charge in [-0.3, -0.25) is 4.79 Å². The van der Waals surface area contributed by atoms with Crippen molar-refractivity contribution >= 4 is 29.3 Å². The Morgan fingerprint density at radius 3 is 2.46 bits per heavy atom. The van der Waals surface area contributed by atoms with Crippen molar-refractivity contribution in [2.75, 3.05) is 19.5 Å². The van der Waals surface area contributed by atoms with Gasteiger partial charge in [-0.2, -0.15) is 13.2 Å². The maximum atomic E-state index is 12.9. The van der Waals surface area contributed by atoms with Crippen LogP contribution in [0.15, 0.2) is 42.5 Å². The smallest absolute Gasteiger partial charge is 0.417 e. The first-order chi connectivity index (χ1) is 12.2. The predicted octanol–water partition coefficient (Wildman–Crippen LogP) is 5.03. The summed E-state index contributed by atoms with van der Waals surface area (Å²) in [6, 6.07) is 8.17. The Balaban J connectivity index is 2.18. The zero-order valence-corrected chi connectivity index (χ0v) is 14.6. The number of rotatable bonds is 5. The summed E-state index contributed by atoms with van der Waals surface area (Å²) in [4.78, 5) is 12.0. The van der Waals surface area contributed by atoms with Gasteiger partial charge >= 0.3 is 6.18 Å². The van der Waals surface area contributed by atoms with Gasteiger partial charge in [-0.15, -0.1) is 0 Å². The van der Waals surface area contributed by atoms with Gasteiger partial charge in [-0.05, 0) is 42.5 Å². The van der Waals surface area contributed by atoms with Crippen molar-refractivity contribution in [3.63, 3.8) is 0 Å². The number of hydrogen-bond donors (Lipinski definition) is 1.